The minimum atomic E-state index is -1.07. The zero-order valence-electron chi connectivity index (χ0n) is 11.1. The normalized spacial score (nSPS) is 10.4. The monoisotopic (exact) mass is 326 g/mol. The second-order valence-electron chi connectivity index (χ2n) is 4.05. The van der Waals surface area contributed by atoms with Crippen LogP contribution in [0, 0.1) is 5.82 Å². The second-order valence-corrected chi connectivity index (χ2v) is 5.76. The molecule has 0 bridgehead atoms. The molecule has 0 saturated heterocycles. The van der Waals surface area contributed by atoms with Gasteiger partial charge in [0.1, 0.15) is 22.9 Å². The predicted molar refractivity (Wildman–Crippen MR) is 81.3 cm³/mol. The summed E-state index contributed by atoms with van der Waals surface area (Å²) in [5.74, 6) is -0.412. The fourth-order valence-corrected chi connectivity index (χ4v) is 2.74. The molecule has 0 saturated carbocycles. The maximum atomic E-state index is 13.1. The molecular weight excluding hydrogens is 315 g/mol. The van der Waals surface area contributed by atoms with Crippen LogP contribution in [0.5, 0.6) is 11.5 Å². The summed E-state index contributed by atoms with van der Waals surface area (Å²) in [6.45, 7) is 1.93. The predicted octanol–water partition coefficient (Wildman–Crippen LogP) is 5.08. The lowest BCUT2D eigenvalue weighted by molar-refractivity contribution is 0.0690. The van der Waals surface area contributed by atoms with E-state index in [0.29, 0.717) is 4.90 Å². The Morgan fingerprint density at radius 3 is 2.76 bits per heavy atom. The number of carbonyl (C=O) groups is 1. The molecule has 0 aliphatic carbocycles. The summed E-state index contributed by atoms with van der Waals surface area (Å²) in [7, 11) is 0. The van der Waals surface area contributed by atoms with E-state index in [-0.39, 0.29) is 22.1 Å². The van der Waals surface area contributed by atoms with Gasteiger partial charge in [0.2, 0.25) is 0 Å². The molecule has 0 heterocycles. The van der Waals surface area contributed by atoms with Gasteiger partial charge in [-0.1, -0.05) is 24.6 Å². The maximum Gasteiger partial charge on any atom is 0.340 e. The van der Waals surface area contributed by atoms with Gasteiger partial charge in [-0.25, -0.2) is 9.18 Å². The number of hydrogen-bond donors (Lipinski definition) is 1. The molecule has 1 N–H and O–H groups in total. The molecule has 3 nitrogen and oxygen atoms in total. The number of thioether (sulfide) groups is 1. The van der Waals surface area contributed by atoms with Crippen molar-refractivity contribution >= 4 is 29.3 Å². The molecule has 0 fully saturated rings. The van der Waals surface area contributed by atoms with Crippen molar-refractivity contribution < 1.29 is 19.0 Å². The van der Waals surface area contributed by atoms with Crippen molar-refractivity contribution in [2.24, 2.45) is 0 Å². The molecule has 2 aromatic carbocycles. The first kappa shape index (κ1) is 15.7. The van der Waals surface area contributed by atoms with E-state index in [1.165, 1.54) is 30.0 Å². The number of halogens is 2. The summed E-state index contributed by atoms with van der Waals surface area (Å²) in [6.07, 6.45) is 0. The van der Waals surface area contributed by atoms with Crippen LogP contribution in [0.4, 0.5) is 4.39 Å². The number of hydrogen-bond acceptors (Lipinski definition) is 3. The highest BCUT2D eigenvalue weighted by molar-refractivity contribution is 7.99. The van der Waals surface area contributed by atoms with E-state index in [1.54, 1.807) is 18.2 Å². The standard InChI is InChI=1S/C15H12ClFO3S/c1-2-21-13-5-3-4-12(14(13)15(18)19)20-9-6-7-11(17)10(16)8-9/h3-8H,2H2,1H3,(H,18,19). The molecule has 0 radical (unpaired) electrons. The van der Waals surface area contributed by atoms with Crippen LogP contribution in [0.15, 0.2) is 41.3 Å². The van der Waals surface area contributed by atoms with E-state index in [1.807, 2.05) is 6.92 Å². The lowest BCUT2D eigenvalue weighted by Gasteiger charge is -2.12. The fourth-order valence-electron chi connectivity index (χ4n) is 1.75. The van der Waals surface area contributed by atoms with Gasteiger partial charge >= 0.3 is 5.97 Å². The van der Waals surface area contributed by atoms with Crippen LogP contribution in [0.25, 0.3) is 0 Å². The van der Waals surface area contributed by atoms with E-state index in [9.17, 15) is 14.3 Å². The van der Waals surface area contributed by atoms with Gasteiger partial charge in [0.05, 0.1) is 5.02 Å². The Morgan fingerprint density at radius 1 is 1.38 bits per heavy atom. The minimum Gasteiger partial charge on any atom is -0.478 e. The van der Waals surface area contributed by atoms with Gasteiger partial charge < -0.3 is 9.84 Å². The molecular formula is C15H12ClFO3S. The van der Waals surface area contributed by atoms with Crippen LogP contribution in [0.3, 0.4) is 0 Å². The SMILES string of the molecule is CCSc1cccc(Oc2ccc(F)c(Cl)c2)c1C(=O)O. The zero-order valence-corrected chi connectivity index (χ0v) is 12.7. The van der Waals surface area contributed by atoms with Crippen LogP contribution in [-0.2, 0) is 0 Å². The molecule has 0 aromatic heterocycles. The van der Waals surface area contributed by atoms with Gasteiger partial charge in [-0.05, 0) is 30.0 Å². The Morgan fingerprint density at radius 2 is 2.14 bits per heavy atom. The molecule has 0 unspecified atom stereocenters. The van der Waals surface area contributed by atoms with Gasteiger partial charge in [-0.3, -0.25) is 0 Å². The average Bonchev–Trinajstić information content (AvgIpc) is 2.43. The van der Waals surface area contributed by atoms with Gasteiger partial charge in [-0.15, -0.1) is 11.8 Å². The minimum absolute atomic E-state index is 0.0801. The van der Waals surface area contributed by atoms with Crippen molar-refractivity contribution in [1.82, 2.24) is 0 Å². The van der Waals surface area contributed by atoms with Crippen molar-refractivity contribution in [2.75, 3.05) is 5.75 Å². The summed E-state index contributed by atoms with van der Waals surface area (Å²) >= 11 is 7.10. The molecule has 0 aliphatic rings. The fraction of sp³-hybridized carbons (Fsp3) is 0.133. The third-order valence-electron chi connectivity index (χ3n) is 2.62. The summed E-state index contributed by atoms with van der Waals surface area (Å²) in [5, 5.41) is 9.29. The highest BCUT2D eigenvalue weighted by atomic mass is 35.5. The first-order valence-electron chi connectivity index (χ1n) is 6.15. The molecule has 110 valence electrons. The first-order valence-corrected chi connectivity index (χ1v) is 7.51. The van der Waals surface area contributed by atoms with Gasteiger partial charge in [0.25, 0.3) is 0 Å². The summed E-state index contributed by atoms with van der Waals surface area (Å²) in [5.41, 5.74) is 0.0878. The van der Waals surface area contributed by atoms with Crippen molar-refractivity contribution in [2.45, 2.75) is 11.8 Å². The highest BCUT2D eigenvalue weighted by Crippen LogP contribution is 2.34. The summed E-state index contributed by atoms with van der Waals surface area (Å²) < 4.78 is 18.7. The summed E-state index contributed by atoms with van der Waals surface area (Å²) in [6, 6.07) is 8.87. The third kappa shape index (κ3) is 3.68. The van der Waals surface area contributed by atoms with Crippen LogP contribution >= 0.6 is 23.4 Å². The van der Waals surface area contributed by atoms with Gasteiger partial charge in [-0.2, -0.15) is 0 Å². The number of rotatable bonds is 5. The quantitative estimate of drug-likeness (QED) is 0.778. The van der Waals surface area contributed by atoms with E-state index in [2.05, 4.69) is 0 Å². The largest absolute Gasteiger partial charge is 0.478 e. The Hall–Kier alpha value is -1.72. The van der Waals surface area contributed by atoms with E-state index in [4.69, 9.17) is 16.3 Å². The van der Waals surface area contributed by atoms with Crippen LogP contribution in [0.1, 0.15) is 17.3 Å². The number of carboxylic acids is 1. The van der Waals surface area contributed by atoms with Crippen molar-refractivity contribution in [3.05, 3.63) is 52.8 Å². The first-order chi connectivity index (χ1) is 10.0. The van der Waals surface area contributed by atoms with E-state index in [0.717, 1.165) is 5.75 Å². The Labute approximate surface area is 130 Å². The van der Waals surface area contributed by atoms with Crippen molar-refractivity contribution in [3.63, 3.8) is 0 Å². The lowest BCUT2D eigenvalue weighted by Crippen LogP contribution is -2.02. The van der Waals surface area contributed by atoms with Crippen molar-refractivity contribution in [3.8, 4) is 11.5 Å². The number of ether oxygens (including phenoxy) is 1. The molecule has 0 spiro atoms. The lowest BCUT2D eigenvalue weighted by atomic mass is 10.2. The Balaban J connectivity index is 2.41. The maximum absolute atomic E-state index is 13.1. The molecule has 21 heavy (non-hydrogen) atoms. The average molecular weight is 327 g/mol. The smallest absolute Gasteiger partial charge is 0.340 e. The van der Waals surface area contributed by atoms with Crippen molar-refractivity contribution in [1.29, 1.82) is 0 Å². The molecule has 2 aromatic rings. The molecule has 6 heteroatoms. The third-order valence-corrected chi connectivity index (χ3v) is 3.85. The number of benzene rings is 2. The van der Waals surface area contributed by atoms with E-state index < -0.39 is 11.8 Å². The van der Waals surface area contributed by atoms with Crippen LogP contribution in [0.2, 0.25) is 5.02 Å². The van der Waals surface area contributed by atoms with Gasteiger partial charge in [0, 0.05) is 11.0 Å². The Bertz CT molecular complexity index is 676. The topological polar surface area (TPSA) is 46.5 Å². The summed E-state index contributed by atoms with van der Waals surface area (Å²) in [4.78, 5) is 12.1. The number of carboxylic acid groups (broad SMARTS) is 1. The molecule has 0 atom stereocenters. The number of aromatic carboxylic acids is 1. The molecule has 0 amide bonds. The van der Waals surface area contributed by atoms with Gasteiger partial charge in [0.15, 0.2) is 0 Å². The Kier molecular flexibility index (Phi) is 5.09. The molecule has 0 aliphatic heterocycles. The molecule has 2 rings (SSSR count). The van der Waals surface area contributed by atoms with E-state index >= 15 is 0 Å². The van der Waals surface area contributed by atoms with Crippen LogP contribution in [-0.4, -0.2) is 16.8 Å². The highest BCUT2D eigenvalue weighted by Gasteiger charge is 2.17. The van der Waals surface area contributed by atoms with Crippen LogP contribution < -0.4 is 4.74 Å². The second kappa shape index (κ2) is 6.83. The zero-order chi connectivity index (χ0) is 15.4.